The third kappa shape index (κ3) is 2.92. The van der Waals surface area contributed by atoms with Gasteiger partial charge in [-0.2, -0.15) is 0 Å². The quantitative estimate of drug-likeness (QED) is 0.482. The van der Waals surface area contributed by atoms with E-state index in [1.54, 1.807) is 0 Å². The molecule has 0 N–H and O–H groups in total. The molecule has 1 fully saturated rings. The third-order valence-electron chi connectivity index (χ3n) is 2.76. The Morgan fingerprint density at radius 2 is 1.95 bits per heavy atom. The minimum atomic E-state index is -5.11. The van der Waals surface area contributed by atoms with Crippen LogP contribution in [0.3, 0.4) is 0 Å². The van der Waals surface area contributed by atoms with Crippen LogP contribution in [0.4, 0.5) is 29.3 Å². The first-order chi connectivity index (χ1) is 10.1. The summed E-state index contributed by atoms with van der Waals surface area (Å²) in [5.74, 6) is -1.68. The van der Waals surface area contributed by atoms with Crippen molar-refractivity contribution in [1.82, 2.24) is 4.90 Å². The highest BCUT2D eigenvalue weighted by Crippen LogP contribution is 2.36. The number of hydrogen-bond donors (Lipinski definition) is 0. The van der Waals surface area contributed by atoms with E-state index in [1.807, 2.05) is 0 Å². The molecule has 1 aromatic carbocycles. The Kier molecular flexibility index (Phi) is 3.65. The van der Waals surface area contributed by atoms with Gasteiger partial charge in [-0.3, -0.25) is 14.9 Å². The second-order valence-electron chi connectivity index (χ2n) is 4.32. The zero-order chi connectivity index (χ0) is 16.7. The molecule has 0 radical (unpaired) electrons. The second-order valence-corrected chi connectivity index (χ2v) is 4.32. The fraction of sp³-hybridized carbons (Fsp3) is 0.273. The van der Waals surface area contributed by atoms with E-state index in [2.05, 4.69) is 4.74 Å². The van der Waals surface area contributed by atoms with Gasteiger partial charge in [0.15, 0.2) is 0 Å². The van der Waals surface area contributed by atoms with Gasteiger partial charge >= 0.3 is 18.1 Å². The monoisotopic (exact) mass is 319 g/mol. The normalized spacial score (nSPS) is 15.5. The first-order valence-electron chi connectivity index (χ1n) is 5.72. The molecule has 11 heteroatoms. The molecule has 0 unspecified atom stereocenters. The van der Waals surface area contributed by atoms with Gasteiger partial charge in [0.1, 0.15) is 6.54 Å². The van der Waals surface area contributed by atoms with Gasteiger partial charge in [0.25, 0.3) is 5.91 Å². The number of carbonyl (C=O) groups excluding carboxylic acids is 2. The summed E-state index contributed by atoms with van der Waals surface area (Å²) in [4.78, 5) is 34.9. The van der Waals surface area contributed by atoms with E-state index in [0.717, 1.165) is 11.0 Å². The number of nitro benzene ring substituents is 1. The topological polar surface area (TPSA) is 93.0 Å². The largest absolute Gasteiger partial charge is 0.573 e. The molecule has 0 spiro atoms. The maximum atomic E-state index is 12.2. The van der Waals surface area contributed by atoms with Gasteiger partial charge in [0, 0.05) is 13.1 Å². The number of anilines is 1. The summed E-state index contributed by atoms with van der Waals surface area (Å²) in [6, 6.07) is 1.59. The SMILES string of the molecule is CN1CC(=O)N(c2ccc(OC(F)(F)F)c([N+](=O)[O-])c2)C1=O. The molecule has 1 saturated heterocycles. The molecule has 1 aliphatic heterocycles. The molecule has 0 atom stereocenters. The lowest BCUT2D eigenvalue weighted by molar-refractivity contribution is -0.388. The number of carbonyl (C=O) groups is 2. The zero-order valence-corrected chi connectivity index (χ0v) is 11.0. The summed E-state index contributed by atoms with van der Waals surface area (Å²) < 4.78 is 40.1. The molecule has 0 aromatic heterocycles. The van der Waals surface area contributed by atoms with Crippen LogP contribution in [-0.4, -0.2) is 41.7 Å². The molecule has 8 nitrogen and oxygen atoms in total. The van der Waals surface area contributed by atoms with Crippen LogP contribution in [-0.2, 0) is 4.79 Å². The predicted molar refractivity (Wildman–Crippen MR) is 65.3 cm³/mol. The van der Waals surface area contributed by atoms with Crippen LogP contribution in [0.25, 0.3) is 0 Å². The van der Waals surface area contributed by atoms with E-state index >= 15 is 0 Å². The minimum absolute atomic E-state index is 0.208. The van der Waals surface area contributed by atoms with Crippen molar-refractivity contribution in [3.05, 3.63) is 28.3 Å². The van der Waals surface area contributed by atoms with Crippen LogP contribution in [0.5, 0.6) is 5.75 Å². The van der Waals surface area contributed by atoms with Crippen molar-refractivity contribution in [3.63, 3.8) is 0 Å². The van der Waals surface area contributed by atoms with Gasteiger partial charge in [-0.15, -0.1) is 13.2 Å². The number of benzene rings is 1. The number of ether oxygens (including phenoxy) is 1. The Morgan fingerprint density at radius 1 is 1.32 bits per heavy atom. The van der Waals surface area contributed by atoms with Gasteiger partial charge in [-0.25, -0.2) is 9.69 Å². The van der Waals surface area contributed by atoms with E-state index in [0.29, 0.717) is 17.0 Å². The number of imide groups is 1. The zero-order valence-electron chi connectivity index (χ0n) is 11.0. The van der Waals surface area contributed by atoms with E-state index in [-0.39, 0.29) is 12.2 Å². The first-order valence-corrected chi connectivity index (χ1v) is 5.72. The first kappa shape index (κ1) is 15.5. The van der Waals surface area contributed by atoms with Crippen LogP contribution in [0.2, 0.25) is 0 Å². The fourth-order valence-corrected chi connectivity index (χ4v) is 1.87. The maximum absolute atomic E-state index is 12.2. The van der Waals surface area contributed by atoms with Crippen molar-refractivity contribution >= 4 is 23.3 Å². The highest BCUT2D eigenvalue weighted by Gasteiger charge is 2.38. The van der Waals surface area contributed by atoms with Gasteiger partial charge in [0.05, 0.1) is 10.6 Å². The predicted octanol–water partition coefficient (Wildman–Crippen LogP) is 1.89. The summed E-state index contributed by atoms with van der Waals surface area (Å²) in [6.07, 6.45) is -5.11. The lowest BCUT2D eigenvalue weighted by Gasteiger charge is -2.15. The molecule has 3 amide bonds. The smallest absolute Gasteiger partial charge is 0.398 e. The summed E-state index contributed by atoms with van der Waals surface area (Å²) in [7, 11) is 1.34. The van der Waals surface area contributed by atoms with Gasteiger partial charge < -0.3 is 9.64 Å². The molecule has 2 rings (SSSR count). The molecule has 1 heterocycles. The standard InChI is InChI=1S/C11H8F3N3O5/c1-15-5-9(18)16(10(15)19)6-2-3-8(22-11(12,13)14)7(4-6)17(20)21/h2-4H,5H2,1H3. The van der Waals surface area contributed by atoms with Crippen LogP contribution in [0.15, 0.2) is 18.2 Å². The molecule has 118 valence electrons. The number of alkyl halides is 3. The molecule has 1 aromatic rings. The van der Waals surface area contributed by atoms with Crippen molar-refractivity contribution in [3.8, 4) is 5.75 Å². The minimum Gasteiger partial charge on any atom is -0.398 e. The lowest BCUT2D eigenvalue weighted by atomic mass is 10.2. The Bertz CT molecular complexity index is 661. The van der Waals surface area contributed by atoms with Gasteiger partial charge in [-0.05, 0) is 12.1 Å². The van der Waals surface area contributed by atoms with E-state index in [9.17, 15) is 32.9 Å². The molecular formula is C11H8F3N3O5. The van der Waals surface area contributed by atoms with Crippen molar-refractivity contribution < 1.29 is 32.4 Å². The number of halogens is 3. The molecule has 0 aliphatic carbocycles. The number of rotatable bonds is 3. The highest BCUT2D eigenvalue weighted by atomic mass is 19.4. The van der Waals surface area contributed by atoms with Crippen molar-refractivity contribution in [2.45, 2.75) is 6.36 Å². The fourth-order valence-electron chi connectivity index (χ4n) is 1.87. The molecule has 1 aliphatic rings. The number of hydrogen-bond acceptors (Lipinski definition) is 5. The molecular weight excluding hydrogens is 311 g/mol. The Hall–Kier alpha value is -2.85. The maximum Gasteiger partial charge on any atom is 0.573 e. The number of nitrogens with zero attached hydrogens (tertiary/aromatic N) is 3. The summed E-state index contributed by atoms with van der Waals surface area (Å²) in [5, 5.41) is 10.9. The summed E-state index contributed by atoms with van der Waals surface area (Å²) >= 11 is 0. The number of likely N-dealkylation sites (N-methyl/N-ethyl adjacent to an activating group) is 1. The Balaban J connectivity index is 2.44. The van der Waals surface area contributed by atoms with Crippen molar-refractivity contribution in [1.29, 1.82) is 0 Å². The number of amides is 3. The third-order valence-corrected chi connectivity index (χ3v) is 2.76. The van der Waals surface area contributed by atoms with Gasteiger partial charge in [-0.1, -0.05) is 0 Å². The molecule has 0 bridgehead atoms. The van der Waals surface area contributed by atoms with E-state index < -0.39 is 34.7 Å². The number of nitro groups is 1. The summed E-state index contributed by atoms with van der Waals surface area (Å²) in [5.41, 5.74) is -1.22. The van der Waals surface area contributed by atoms with Crippen LogP contribution >= 0.6 is 0 Å². The lowest BCUT2D eigenvalue weighted by Crippen LogP contribution is -2.31. The highest BCUT2D eigenvalue weighted by molar-refractivity contribution is 6.19. The second kappa shape index (κ2) is 5.16. The Labute approximate surface area is 120 Å². The van der Waals surface area contributed by atoms with Crippen LogP contribution in [0.1, 0.15) is 0 Å². The number of urea groups is 1. The average Bonchev–Trinajstić information content (AvgIpc) is 2.62. The molecule has 0 saturated carbocycles. The van der Waals surface area contributed by atoms with E-state index in [1.165, 1.54) is 7.05 Å². The Morgan fingerprint density at radius 3 is 2.41 bits per heavy atom. The van der Waals surface area contributed by atoms with Crippen molar-refractivity contribution in [2.24, 2.45) is 0 Å². The van der Waals surface area contributed by atoms with Crippen molar-refractivity contribution in [2.75, 3.05) is 18.5 Å². The summed E-state index contributed by atoms with van der Waals surface area (Å²) in [6.45, 7) is -0.229. The van der Waals surface area contributed by atoms with E-state index in [4.69, 9.17) is 0 Å². The van der Waals surface area contributed by atoms with Gasteiger partial charge in [0.2, 0.25) is 5.75 Å². The molecule has 22 heavy (non-hydrogen) atoms. The average molecular weight is 319 g/mol. The van der Waals surface area contributed by atoms with Crippen LogP contribution < -0.4 is 9.64 Å². The van der Waals surface area contributed by atoms with Crippen LogP contribution in [0, 0.1) is 10.1 Å².